The third-order valence-electron chi connectivity index (χ3n) is 5.61. The van der Waals surface area contributed by atoms with E-state index in [1.54, 1.807) is 66.7 Å². The summed E-state index contributed by atoms with van der Waals surface area (Å²) in [7, 11) is 0. The van der Waals surface area contributed by atoms with Crippen LogP contribution in [0, 0.1) is 5.92 Å². The second-order valence-corrected chi connectivity index (χ2v) is 8.91. The van der Waals surface area contributed by atoms with Crippen LogP contribution in [0.3, 0.4) is 0 Å². The molecule has 1 aliphatic carbocycles. The molecule has 0 saturated heterocycles. The number of esters is 2. The van der Waals surface area contributed by atoms with E-state index in [4.69, 9.17) is 9.47 Å². The molecule has 5 rings (SSSR count). The molecule has 170 valence electrons. The molecule has 34 heavy (non-hydrogen) atoms. The molecule has 3 aromatic rings. The molecule has 2 heterocycles. The lowest BCUT2D eigenvalue weighted by atomic mass is 9.85. The largest absolute Gasteiger partial charge is 0.422 e. The van der Waals surface area contributed by atoms with Crippen molar-refractivity contribution < 1.29 is 23.9 Å². The molecule has 1 amide bonds. The van der Waals surface area contributed by atoms with Gasteiger partial charge in [-0.2, -0.15) is 0 Å². The number of carbonyl (C=O) groups excluding carboxylic acids is 3. The van der Waals surface area contributed by atoms with E-state index in [-0.39, 0.29) is 23.4 Å². The third kappa shape index (κ3) is 4.82. The van der Waals surface area contributed by atoms with Crippen molar-refractivity contribution in [1.82, 2.24) is 0 Å². The van der Waals surface area contributed by atoms with E-state index in [9.17, 15) is 14.4 Å². The Balaban J connectivity index is 1.24. The Morgan fingerprint density at radius 3 is 2.47 bits per heavy atom. The quantitative estimate of drug-likeness (QED) is 0.308. The molecule has 2 aliphatic rings. The van der Waals surface area contributed by atoms with Crippen LogP contribution in [0.5, 0.6) is 5.75 Å². The van der Waals surface area contributed by atoms with Gasteiger partial charge in [0.15, 0.2) is 5.70 Å². The van der Waals surface area contributed by atoms with Gasteiger partial charge in [0.05, 0.1) is 0 Å². The van der Waals surface area contributed by atoms with E-state index in [0.717, 1.165) is 19.3 Å². The summed E-state index contributed by atoms with van der Waals surface area (Å²) in [5, 5.41) is 4.72. The van der Waals surface area contributed by atoms with E-state index in [1.165, 1.54) is 11.3 Å². The van der Waals surface area contributed by atoms with Gasteiger partial charge in [-0.25, -0.2) is 14.6 Å². The number of aliphatic imine (C=N–C) groups is 1. The average molecular weight is 473 g/mol. The Hall–Kier alpha value is -4.04. The summed E-state index contributed by atoms with van der Waals surface area (Å²) in [6.07, 6.45) is 4.59. The first-order chi connectivity index (χ1) is 16.5. The summed E-state index contributed by atoms with van der Waals surface area (Å²) in [4.78, 5) is 41.3. The van der Waals surface area contributed by atoms with Gasteiger partial charge in [-0.1, -0.05) is 24.6 Å². The molecule has 7 nitrogen and oxygen atoms in total. The maximum absolute atomic E-state index is 12.3. The van der Waals surface area contributed by atoms with Crippen LogP contribution < -0.4 is 10.1 Å². The molecule has 1 N–H and O–H groups in total. The van der Waals surface area contributed by atoms with Crippen molar-refractivity contribution in [3.63, 3.8) is 0 Å². The Morgan fingerprint density at radius 1 is 1.06 bits per heavy atom. The number of anilines is 1. The highest BCUT2D eigenvalue weighted by Crippen LogP contribution is 2.28. The van der Waals surface area contributed by atoms with Gasteiger partial charge in [-0.15, -0.1) is 11.3 Å². The van der Waals surface area contributed by atoms with Crippen molar-refractivity contribution in [3.8, 4) is 5.75 Å². The first-order valence-electron chi connectivity index (χ1n) is 10.8. The summed E-state index contributed by atoms with van der Waals surface area (Å²) in [5.74, 6) is -0.206. The summed E-state index contributed by atoms with van der Waals surface area (Å²) in [5.41, 5.74) is 2.21. The molecule has 1 fully saturated rings. The number of hydrogen-bond acceptors (Lipinski definition) is 7. The molecular weight excluding hydrogens is 452 g/mol. The second kappa shape index (κ2) is 9.44. The number of cyclic esters (lactones) is 1. The Kier molecular flexibility index (Phi) is 6.05. The molecule has 0 unspecified atom stereocenters. The van der Waals surface area contributed by atoms with Gasteiger partial charge in [0, 0.05) is 17.2 Å². The summed E-state index contributed by atoms with van der Waals surface area (Å²) in [6, 6.07) is 17.3. The van der Waals surface area contributed by atoms with E-state index in [1.807, 2.05) is 5.38 Å². The zero-order valence-corrected chi connectivity index (χ0v) is 18.8. The SMILES string of the molecule is O=C1OC(c2ccc(NC(=O)C3CCC3)cc2)=N/C1=C/c1ccc(OC(=O)c2cccs2)cc1. The van der Waals surface area contributed by atoms with Crippen LogP contribution in [0.15, 0.2) is 76.7 Å². The van der Waals surface area contributed by atoms with Crippen LogP contribution in [-0.2, 0) is 14.3 Å². The number of amides is 1. The lowest BCUT2D eigenvalue weighted by Crippen LogP contribution is -2.28. The summed E-state index contributed by atoms with van der Waals surface area (Å²) < 4.78 is 10.7. The minimum absolute atomic E-state index is 0.0427. The predicted molar refractivity (Wildman–Crippen MR) is 129 cm³/mol. The fourth-order valence-electron chi connectivity index (χ4n) is 3.49. The smallest absolute Gasteiger partial charge is 0.363 e. The van der Waals surface area contributed by atoms with Crippen LogP contribution in [0.2, 0.25) is 0 Å². The highest BCUT2D eigenvalue weighted by molar-refractivity contribution is 7.12. The van der Waals surface area contributed by atoms with Crippen molar-refractivity contribution >= 4 is 46.8 Å². The molecular formula is C26H20N2O5S. The molecule has 8 heteroatoms. The zero-order valence-electron chi connectivity index (χ0n) is 18.0. The number of nitrogens with one attached hydrogen (secondary N) is 1. The molecule has 1 saturated carbocycles. The number of nitrogens with zero attached hydrogens (tertiary/aromatic N) is 1. The van der Waals surface area contributed by atoms with Gasteiger partial charge in [0.2, 0.25) is 11.8 Å². The fourth-order valence-corrected chi connectivity index (χ4v) is 4.08. The van der Waals surface area contributed by atoms with Crippen LogP contribution in [0.4, 0.5) is 5.69 Å². The zero-order chi connectivity index (χ0) is 23.5. The second-order valence-electron chi connectivity index (χ2n) is 7.97. The lowest BCUT2D eigenvalue weighted by Gasteiger charge is -2.24. The summed E-state index contributed by atoms with van der Waals surface area (Å²) >= 11 is 1.31. The van der Waals surface area contributed by atoms with Crippen LogP contribution >= 0.6 is 11.3 Å². The van der Waals surface area contributed by atoms with E-state index in [0.29, 0.717) is 27.4 Å². The van der Waals surface area contributed by atoms with Crippen LogP contribution in [0.25, 0.3) is 6.08 Å². The van der Waals surface area contributed by atoms with E-state index < -0.39 is 11.9 Å². The first kappa shape index (κ1) is 21.8. The number of thiophene rings is 1. The van der Waals surface area contributed by atoms with Crippen molar-refractivity contribution in [2.24, 2.45) is 10.9 Å². The van der Waals surface area contributed by atoms with Gasteiger partial charge >= 0.3 is 11.9 Å². The molecule has 1 aliphatic heterocycles. The molecule has 0 atom stereocenters. The Bertz CT molecular complexity index is 1290. The molecule has 0 spiro atoms. The molecule has 2 aromatic carbocycles. The number of hydrogen-bond donors (Lipinski definition) is 1. The van der Waals surface area contributed by atoms with Gasteiger partial charge in [-0.05, 0) is 72.3 Å². The normalized spacial score (nSPS) is 16.5. The topological polar surface area (TPSA) is 94.1 Å². The van der Waals surface area contributed by atoms with Gasteiger partial charge in [0.1, 0.15) is 10.6 Å². The maximum atomic E-state index is 12.3. The maximum Gasteiger partial charge on any atom is 0.363 e. The van der Waals surface area contributed by atoms with Crippen molar-refractivity contribution in [3.05, 3.63) is 87.7 Å². The number of benzene rings is 2. The van der Waals surface area contributed by atoms with Crippen molar-refractivity contribution in [2.75, 3.05) is 5.32 Å². The average Bonchev–Trinajstić information content (AvgIpc) is 3.45. The number of carbonyl (C=O) groups is 3. The highest BCUT2D eigenvalue weighted by atomic mass is 32.1. The number of rotatable bonds is 6. The summed E-state index contributed by atoms with van der Waals surface area (Å²) in [6.45, 7) is 0. The third-order valence-corrected chi connectivity index (χ3v) is 6.46. The highest BCUT2D eigenvalue weighted by Gasteiger charge is 2.26. The van der Waals surface area contributed by atoms with E-state index in [2.05, 4.69) is 10.3 Å². The molecule has 0 radical (unpaired) electrons. The van der Waals surface area contributed by atoms with Gasteiger partial charge in [0.25, 0.3) is 0 Å². The predicted octanol–water partition coefficient (Wildman–Crippen LogP) is 5.05. The van der Waals surface area contributed by atoms with Crippen LogP contribution in [-0.4, -0.2) is 23.7 Å². The minimum atomic E-state index is -0.550. The lowest BCUT2D eigenvalue weighted by molar-refractivity contribution is -0.130. The van der Waals surface area contributed by atoms with E-state index >= 15 is 0 Å². The van der Waals surface area contributed by atoms with Crippen LogP contribution in [0.1, 0.15) is 40.1 Å². The standard InChI is InChI=1S/C26H20N2O5S/c29-23(17-3-1-4-17)27-19-10-8-18(9-11-19)24-28-21(25(30)33-24)15-16-6-12-20(13-7-16)32-26(31)22-5-2-14-34-22/h2,5-15,17H,1,3-4H2,(H,27,29)/b21-15+. The van der Waals surface area contributed by atoms with Gasteiger partial charge in [-0.3, -0.25) is 4.79 Å². The fraction of sp³-hybridized carbons (Fsp3) is 0.154. The monoisotopic (exact) mass is 472 g/mol. The van der Waals surface area contributed by atoms with Crippen molar-refractivity contribution in [2.45, 2.75) is 19.3 Å². The minimum Gasteiger partial charge on any atom is -0.422 e. The Morgan fingerprint density at radius 2 is 1.82 bits per heavy atom. The molecule has 1 aromatic heterocycles. The molecule has 0 bridgehead atoms. The van der Waals surface area contributed by atoms with Gasteiger partial charge < -0.3 is 14.8 Å². The van der Waals surface area contributed by atoms with Crippen molar-refractivity contribution in [1.29, 1.82) is 0 Å². The Labute approximate surface area is 199 Å². The first-order valence-corrected chi connectivity index (χ1v) is 11.7. The number of ether oxygens (including phenoxy) is 2.